The smallest absolute Gasteiger partial charge is 0.0593 e. The van der Waals surface area contributed by atoms with Crippen LogP contribution < -0.4 is 5.32 Å². The van der Waals surface area contributed by atoms with Crippen LogP contribution >= 0.6 is 0 Å². The van der Waals surface area contributed by atoms with Gasteiger partial charge < -0.3 is 10.1 Å². The molecular formula is C16H30N2O. The summed E-state index contributed by atoms with van der Waals surface area (Å²) in [6.45, 7) is 11.2. The summed E-state index contributed by atoms with van der Waals surface area (Å²) in [6, 6.07) is 0.689. The molecule has 3 nitrogen and oxygen atoms in total. The first-order chi connectivity index (χ1) is 9.29. The minimum atomic E-state index is 0.423. The fraction of sp³-hybridized carbons (Fsp3) is 0.875. The van der Waals surface area contributed by atoms with Gasteiger partial charge in [-0.15, -0.1) is 6.58 Å². The van der Waals surface area contributed by atoms with E-state index >= 15 is 0 Å². The SMILES string of the molecule is C=CCCOCCN1CC2(CCCC2)NCC1CC. The van der Waals surface area contributed by atoms with Crippen LogP contribution in [0.5, 0.6) is 0 Å². The van der Waals surface area contributed by atoms with Crippen molar-refractivity contribution in [2.75, 3.05) is 32.8 Å². The Kier molecular flexibility index (Phi) is 5.86. The number of piperazine rings is 1. The first-order valence-electron chi connectivity index (χ1n) is 7.97. The molecule has 110 valence electrons. The summed E-state index contributed by atoms with van der Waals surface area (Å²) in [5, 5.41) is 3.84. The van der Waals surface area contributed by atoms with E-state index in [2.05, 4.69) is 23.7 Å². The summed E-state index contributed by atoms with van der Waals surface area (Å²) in [6.07, 6.45) is 9.63. The van der Waals surface area contributed by atoms with Gasteiger partial charge in [0.15, 0.2) is 0 Å². The molecule has 2 fully saturated rings. The molecule has 1 heterocycles. The summed E-state index contributed by atoms with van der Waals surface area (Å²) in [5.41, 5.74) is 0.423. The molecule has 0 radical (unpaired) electrons. The standard InChI is InChI=1S/C16H30N2O/c1-3-5-11-19-12-10-18-14-16(8-6-7-9-16)17-13-15(18)4-2/h3,15,17H,1,4-14H2,2H3. The van der Waals surface area contributed by atoms with E-state index in [9.17, 15) is 0 Å². The van der Waals surface area contributed by atoms with Gasteiger partial charge in [-0.2, -0.15) is 0 Å². The highest BCUT2D eigenvalue weighted by atomic mass is 16.5. The van der Waals surface area contributed by atoms with E-state index in [1.54, 1.807) is 0 Å². The number of nitrogens with one attached hydrogen (secondary N) is 1. The Bertz CT molecular complexity index is 274. The Hall–Kier alpha value is -0.380. The van der Waals surface area contributed by atoms with Crippen molar-refractivity contribution in [1.82, 2.24) is 10.2 Å². The molecule has 1 saturated heterocycles. The number of nitrogens with zero attached hydrogens (tertiary/aromatic N) is 1. The molecule has 1 spiro atoms. The number of hydrogen-bond acceptors (Lipinski definition) is 3. The van der Waals surface area contributed by atoms with Gasteiger partial charge in [-0.1, -0.05) is 25.8 Å². The van der Waals surface area contributed by atoms with Crippen LogP contribution in [0.15, 0.2) is 12.7 Å². The Morgan fingerprint density at radius 3 is 2.84 bits per heavy atom. The first-order valence-corrected chi connectivity index (χ1v) is 7.97. The molecular weight excluding hydrogens is 236 g/mol. The van der Waals surface area contributed by atoms with E-state index in [1.165, 1.54) is 38.6 Å². The van der Waals surface area contributed by atoms with E-state index < -0.39 is 0 Å². The van der Waals surface area contributed by atoms with Crippen molar-refractivity contribution < 1.29 is 4.74 Å². The van der Waals surface area contributed by atoms with Gasteiger partial charge >= 0.3 is 0 Å². The third kappa shape index (κ3) is 4.04. The van der Waals surface area contributed by atoms with Crippen molar-refractivity contribution in [3.8, 4) is 0 Å². The Morgan fingerprint density at radius 2 is 2.16 bits per heavy atom. The van der Waals surface area contributed by atoms with E-state index in [0.29, 0.717) is 11.6 Å². The molecule has 0 aromatic carbocycles. The van der Waals surface area contributed by atoms with E-state index in [0.717, 1.165) is 32.7 Å². The second-order valence-electron chi connectivity index (χ2n) is 6.09. The predicted octanol–water partition coefficient (Wildman–Crippen LogP) is 2.58. The monoisotopic (exact) mass is 266 g/mol. The fourth-order valence-electron chi connectivity index (χ4n) is 3.54. The zero-order valence-corrected chi connectivity index (χ0v) is 12.5. The highest BCUT2D eigenvalue weighted by Gasteiger charge is 2.40. The Balaban J connectivity index is 1.78. The molecule has 1 aliphatic carbocycles. The molecule has 0 amide bonds. The van der Waals surface area contributed by atoms with Gasteiger partial charge in [0.2, 0.25) is 0 Å². The molecule has 2 aliphatic rings. The van der Waals surface area contributed by atoms with Crippen LogP contribution in [0.25, 0.3) is 0 Å². The molecule has 1 saturated carbocycles. The molecule has 0 aromatic heterocycles. The second-order valence-corrected chi connectivity index (χ2v) is 6.09. The lowest BCUT2D eigenvalue weighted by Crippen LogP contribution is -2.63. The Morgan fingerprint density at radius 1 is 1.37 bits per heavy atom. The van der Waals surface area contributed by atoms with Crippen LogP contribution in [-0.4, -0.2) is 49.3 Å². The highest BCUT2D eigenvalue weighted by molar-refractivity contribution is 5.00. The topological polar surface area (TPSA) is 24.5 Å². The van der Waals surface area contributed by atoms with Crippen LogP contribution in [0.3, 0.4) is 0 Å². The van der Waals surface area contributed by atoms with Gasteiger partial charge in [-0.25, -0.2) is 0 Å². The maximum atomic E-state index is 5.69. The van der Waals surface area contributed by atoms with Gasteiger partial charge in [0.05, 0.1) is 13.2 Å². The summed E-state index contributed by atoms with van der Waals surface area (Å²) in [5.74, 6) is 0. The molecule has 1 N–H and O–H groups in total. The predicted molar refractivity (Wildman–Crippen MR) is 80.5 cm³/mol. The summed E-state index contributed by atoms with van der Waals surface area (Å²) in [7, 11) is 0. The molecule has 0 aromatic rings. The lowest BCUT2D eigenvalue weighted by molar-refractivity contribution is 0.0414. The average Bonchev–Trinajstić information content (AvgIpc) is 2.87. The van der Waals surface area contributed by atoms with Gasteiger partial charge in [0, 0.05) is 31.2 Å². The molecule has 19 heavy (non-hydrogen) atoms. The average molecular weight is 266 g/mol. The number of rotatable bonds is 7. The fourth-order valence-corrected chi connectivity index (χ4v) is 3.54. The van der Waals surface area contributed by atoms with Crippen molar-refractivity contribution in [3.05, 3.63) is 12.7 Å². The van der Waals surface area contributed by atoms with Crippen molar-refractivity contribution in [1.29, 1.82) is 0 Å². The normalized spacial score (nSPS) is 26.9. The van der Waals surface area contributed by atoms with Crippen LogP contribution in [0.2, 0.25) is 0 Å². The lowest BCUT2D eigenvalue weighted by atomic mass is 9.91. The molecule has 1 atom stereocenters. The van der Waals surface area contributed by atoms with Crippen molar-refractivity contribution in [3.63, 3.8) is 0 Å². The van der Waals surface area contributed by atoms with E-state index in [-0.39, 0.29) is 0 Å². The molecule has 1 aliphatic heterocycles. The first kappa shape index (κ1) is 15.0. The van der Waals surface area contributed by atoms with Crippen molar-refractivity contribution in [2.45, 2.75) is 57.0 Å². The maximum Gasteiger partial charge on any atom is 0.0593 e. The summed E-state index contributed by atoms with van der Waals surface area (Å²) in [4.78, 5) is 2.66. The van der Waals surface area contributed by atoms with Crippen LogP contribution in [0.1, 0.15) is 45.4 Å². The van der Waals surface area contributed by atoms with E-state index in [4.69, 9.17) is 4.74 Å². The quantitative estimate of drug-likeness (QED) is 0.566. The lowest BCUT2D eigenvalue weighted by Gasteiger charge is -2.46. The van der Waals surface area contributed by atoms with Crippen molar-refractivity contribution >= 4 is 0 Å². The Labute approximate surface area is 118 Å². The van der Waals surface area contributed by atoms with Crippen LogP contribution in [-0.2, 0) is 4.74 Å². The third-order valence-corrected chi connectivity index (χ3v) is 4.76. The van der Waals surface area contributed by atoms with E-state index in [1.807, 2.05) is 6.08 Å². The molecule has 2 rings (SSSR count). The largest absolute Gasteiger partial charge is 0.380 e. The van der Waals surface area contributed by atoms with Crippen LogP contribution in [0.4, 0.5) is 0 Å². The molecule has 1 unspecified atom stereocenters. The van der Waals surface area contributed by atoms with Gasteiger partial charge in [0.25, 0.3) is 0 Å². The zero-order valence-electron chi connectivity index (χ0n) is 12.5. The number of ether oxygens (including phenoxy) is 1. The third-order valence-electron chi connectivity index (χ3n) is 4.76. The van der Waals surface area contributed by atoms with Gasteiger partial charge in [-0.3, -0.25) is 4.90 Å². The minimum absolute atomic E-state index is 0.423. The maximum absolute atomic E-state index is 5.69. The summed E-state index contributed by atoms with van der Waals surface area (Å²) >= 11 is 0. The zero-order chi connectivity index (χ0) is 13.6. The minimum Gasteiger partial charge on any atom is -0.380 e. The molecule has 3 heteroatoms. The highest BCUT2D eigenvalue weighted by Crippen LogP contribution is 2.33. The van der Waals surface area contributed by atoms with Crippen molar-refractivity contribution in [2.24, 2.45) is 0 Å². The van der Waals surface area contributed by atoms with Crippen LogP contribution in [0, 0.1) is 0 Å². The van der Waals surface area contributed by atoms with Gasteiger partial charge in [-0.05, 0) is 25.7 Å². The second kappa shape index (κ2) is 7.41. The molecule has 0 bridgehead atoms. The van der Waals surface area contributed by atoms with Gasteiger partial charge in [0.1, 0.15) is 0 Å². The number of hydrogen-bond donors (Lipinski definition) is 1. The summed E-state index contributed by atoms with van der Waals surface area (Å²) < 4.78 is 5.69.